The van der Waals surface area contributed by atoms with Crippen molar-refractivity contribution < 1.29 is 0 Å². The van der Waals surface area contributed by atoms with Gasteiger partial charge in [-0.2, -0.15) is 0 Å². The average Bonchev–Trinajstić information content (AvgIpc) is 1.93. The van der Waals surface area contributed by atoms with Crippen molar-refractivity contribution in [1.82, 2.24) is 0 Å². The van der Waals surface area contributed by atoms with Gasteiger partial charge in [0.1, 0.15) is 0 Å². The molecule has 0 heteroatoms. The second kappa shape index (κ2) is 6.96. The van der Waals surface area contributed by atoms with Crippen LogP contribution in [-0.2, 0) is 0 Å². The normalized spacial score (nSPS) is 6.78. The number of benzene rings is 1. The quantitative estimate of drug-likeness (QED) is 0.462. The fraction of sp³-hybridized carbons (Fsp3) is 0.111. The van der Waals surface area contributed by atoms with Crippen LogP contribution in [0.15, 0.2) is 49.1 Å². The minimum absolute atomic E-state index is 1.75. The van der Waals surface area contributed by atoms with Crippen molar-refractivity contribution in [2.75, 3.05) is 0 Å². The second-order valence-electron chi connectivity index (χ2n) is 1.56. The molecule has 1 aromatic rings. The Kier molecular flexibility index (Phi) is 6.16. The number of hydrogen-bond acceptors (Lipinski definition) is 0. The minimum Gasteiger partial charge on any atom is -0.103 e. The lowest BCUT2D eigenvalue weighted by Gasteiger charge is -1.69. The van der Waals surface area contributed by atoms with Crippen molar-refractivity contribution in [3.63, 3.8) is 0 Å². The van der Waals surface area contributed by atoms with E-state index in [1.54, 1.807) is 6.08 Å². The van der Waals surface area contributed by atoms with Crippen LogP contribution in [0.4, 0.5) is 0 Å². The van der Waals surface area contributed by atoms with Crippen LogP contribution in [0.5, 0.6) is 0 Å². The Morgan fingerprint density at radius 2 is 1.00 bits per heavy atom. The number of rotatable bonds is 0. The molecule has 0 aromatic heterocycles. The molecule has 0 aliphatic rings. The molecule has 0 spiro atoms. The lowest BCUT2D eigenvalue weighted by Crippen LogP contribution is -1.47. The van der Waals surface area contributed by atoms with Crippen LogP contribution in [0.2, 0.25) is 0 Å². The highest BCUT2D eigenvalue weighted by molar-refractivity contribution is 4.99. The molecule has 1 rings (SSSR count). The molecule has 0 heterocycles. The third-order valence-corrected chi connectivity index (χ3v) is 0.667. The van der Waals surface area contributed by atoms with Crippen LogP contribution < -0.4 is 0 Å². The first-order valence-corrected chi connectivity index (χ1v) is 2.99. The summed E-state index contributed by atoms with van der Waals surface area (Å²) < 4.78 is 0. The van der Waals surface area contributed by atoms with E-state index in [9.17, 15) is 0 Å². The summed E-state index contributed by atoms with van der Waals surface area (Å²) in [6, 6.07) is 12.0. The first-order chi connectivity index (χ1) is 4.41. The molecule has 0 unspecified atom stereocenters. The SMILES string of the molecule is C=CC.c1ccccc1. The van der Waals surface area contributed by atoms with Gasteiger partial charge < -0.3 is 0 Å². The summed E-state index contributed by atoms with van der Waals surface area (Å²) >= 11 is 0. The first-order valence-electron chi connectivity index (χ1n) is 2.99. The van der Waals surface area contributed by atoms with Crippen LogP contribution in [0.3, 0.4) is 0 Å². The van der Waals surface area contributed by atoms with Crippen molar-refractivity contribution in [1.29, 1.82) is 0 Å². The van der Waals surface area contributed by atoms with Crippen molar-refractivity contribution >= 4 is 0 Å². The van der Waals surface area contributed by atoms with E-state index < -0.39 is 0 Å². The molecule has 0 aliphatic heterocycles. The Balaban J connectivity index is 0.000000187. The van der Waals surface area contributed by atoms with Crippen LogP contribution in [0.25, 0.3) is 0 Å². The lowest BCUT2D eigenvalue weighted by molar-refractivity contribution is 1.72. The molecule has 0 saturated carbocycles. The molecule has 0 saturated heterocycles. The third kappa shape index (κ3) is 6.96. The van der Waals surface area contributed by atoms with Gasteiger partial charge in [-0.3, -0.25) is 0 Å². The van der Waals surface area contributed by atoms with E-state index in [0.717, 1.165) is 0 Å². The topological polar surface area (TPSA) is 0 Å². The van der Waals surface area contributed by atoms with Gasteiger partial charge in [0, 0.05) is 0 Å². The van der Waals surface area contributed by atoms with E-state index in [1.165, 1.54) is 0 Å². The predicted octanol–water partition coefficient (Wildman–Crippen LogP) is 2.88. The Morgan fingerprint density at radius 3 is 1.11 bits per heavy atom. The Labute approximate surface area is 56.8 Å². The average molecular weight is 120 g/mol. The van der Waals surface area contributed by atoms with Gasteiger partial charge in [0.25, 0.3) is 0 Å². The second-order valence-corrected chi connectivity index (χ2v) is 1.56. The van der Waals surface area contributed by atoms with Crippen LogP contribution in [-0.4, -0.2) is 0 Å². The minimum atomic E-state index is 1.75. The lowest BCUT2D eigenvalue weighted by atomic mass is 10.4. The fourth-order valence-electron chi connectivity index (χ4n) is 0.385. The van der Waals surface area contributed by atoms with Crippen LogP contribution in [0.1, 0.15) is 6.92 Å². The van der Waals surface area contributed by atoms with Gasteiger partial charge in [0.2, 0.25) is 0 Å². The maximum atomic E-state index is 3.36. The predicted molar refractivity (Wildman–Crippen MR) is 42.3 cm³/mol. The molecule has 0 radical (unpaired) electrons. The van der Waals surface area contributed by atoms with E-state index in [4.69, 9.17) is 0 Å². The third-order valence-electron chi connectivity index (χ3n) is 0.667. The zero-order valence-electron chi connectivity index (χ0n) is 5.75. The van der Waals surface area contributed by atoms with E-state index in [2.05, 4.69) is 6.58 Å². The van der Waals surface area contributed by atoms with Gasteiger partial charge in [-0.15, -0.1) is 6.58 Å². The van der Waals surface area contributed by atoms with E-state index >= 15 is 0 Å². The summed E-state index contributed by atoms with van der Waals surface area (Å²) in [5.74, 6) is 0. The summed E-state index contributed by atoms with van der Waals surface area (Å²) in [7, 11) is 0. The van der Waals surface area contributed by atoms with Gasteiger partial charge >= 0.3 is 0 Å². The maximum absolute atomic E-state index is 3.36. The van der Waals surface area contributed by atoms with Gasteiger partial charge in [0.15, 0.2) is 0 Å². The van der Waals surface area contributed by atoms with Gasteiger partial charge in [0.05, 0.1) is 0 Å². The summed E-state index contributed by atoms with van der Waals surface area (Å²) in [6.07, 6.45) is 1.75. The molecule has 48 valence electrons. The van der Waals surface area contributed by atoms with Crippen molar-refractivity contribution in [3.05, 3.63) is 49.1 Å². The Bertz CT molecular complexity index is 103. The van der Waals surface area contributed by atoms with E-state index in [-0.39, 0.29) is 0 Å². The highest BCUT2D eigenvalue weighted by Gasteiger charge is 1.57. The largest absolute Gasteiger partial charge is 0.103 e. The van der Waals surface area contributed by atoms with Gasteiger partial charge in [-0.1, -0.05) is 42.5 Å². The highest BCUT2D eigenvalue weighted by Crippen LogP contribution is 1.79. The molecule has 0 atom stereocenters. The molecule has 0 aliphatic carbocycles. The molecule has 0 fully saturated rings. The smallest absolute Gasteiger partial charge is 0.0473 e. The molecule has 0 nitrogen and oxygen atoms in total. The summed E-state index contributed by atoms with van der Waals surface area (Å²) in [6.45, 7) is 5.25. The van der Waals surface area contributed by atoms with Gasteiger partial charge in [-0.05, 0) is 6.92 Å². The summed E-state index contributed by atoms with van der Waals surface area (Å²) in [5.41, 5.74) is 0. The molecular formula is C9H12. The van der Waals surface area contributed by atoms with Gasteiger partial charge in [-0.25, -0.2) is 0 Å². The summed E-state index contributed by atoms with van der Waals surface area (Å²) in [4.78, 5) is 0. The fourth-order valence-corrected chi connectivity index (χ4v) is 0.385. The molecule has 0 amide bonds. The number of hydrogen-bond donors (Lipinski definition) is 0. The maximum Gasteiger partial charge on any atom is -0.0473 e. The zero-order valence-corrected chi connectivity index (χ0v) is 5.75. The van der Waals surface area contributed by atoms with Crippen molar-refractivity contribution in [2.45, 2.75) is 6.92 Å². The Morgan fingerprint density at radius 1 is 0.889 bits per heavy atom. The first kappa shape index (κ1) is 7.96. The van der Waals surface area contributed by atoms with E-state index in [0.29, 0.717) is 0 Å². The summed E-state index contributed by atoms with van der Waals surface area (Å²) in [5, 5.41) is 0. The monoisotopic (exact) mass is 120 g/mol. The van der Waals surface area contributed by atoms with Crippen molar-refractivity contribution in [2.24, 2.45) is 0 Å². The Hall–Kier alpha value is -1.04. The molecule has 0 N–H and O–H groups in total. The molecular weight excluding hydrogens is 108 g/mol. The highest BCUT2D eigenvalue weighted by atomic mass is 13.6. The van der Waals surface area contributed by atoms with Crippen LogP contribution in [0, 0.1) is 0 Å². The number of allylic oxidation sites excluding steroid dienone is 1. The molecule has 0 bridgehead atoms. The van der Waals surface area contributed by atoms with Crippen molar-refractivity contribution in [3.8, 4) is 0 Å². The van der Waals surface area contributed by atoms with Crippen LogP contribution >= 0.6 is 0 Å². The molecule has 9 heavy (non-hydrogen) atoms. The van der Waals surface area contributed by atoms with E-state index in [1.807, 2.05) is 43.3 Å². The molecule has 1 aromatic carbocycles. The zero-order chi connectivity index (χ0) is 6.95. The standard InChI is InChI=1S/C6H6.C3H6/c1-2-4-6-5-3-1;1-3-2/h1-6H;3H,1H2,2H3.